The van der Waals surface area contributed by atoms with E-state index in [4.69, 9.17) is 14.2 Å². The van der Waals surface area contributed by atoms with E-state index >= 15 is 0 Å². The van der Waals surface area contributed by atoms with Gasteiger partial charge in [0.25, 0.3) is 11.1 Å². The number of amides is 3. The first-order valence-electron chi connectivity index (χ1n) is 11.0. The number of rotatable bonds is 7. The Morgan fingerprint density at radius 3 is 2.54 bits per heavy atom. The normalized spacial score (nSPS) is 17.3. The molecule has 2 aromatic rings. The van der Waals surface area contributed by atoms with Crippen LogP contribution < -0.4 is 9.47 Å². The average molecular weight is 561 g/mol. The van der Waals surface area contributed by atoms with Crippen molar-refractivity contribution in [2.24, 2.45) is 0 Å². The maximum Gasteiger partial charge on any atom is 0.294 e. The molecule has 0 aliphatic carbocycles. The minimum absolute atomic E-state index is 0.237. The monoisotopic (exact) mass is 560 g/mol. The molecule has 0 saturated carbocycles. The van der Waals surface area contributed by atoms with E-state index in [0.29, 0.717) is 54.4 Å². The Bertz CT molecular complexity index is 1160. The van der Waals surface area contributed by atoms with Gasteiger partial charge in [0.05, 0.1) is 25.2 Å². The van der Waals surface area contributed by atoms with Crippen molar-refractivity contribution in [2.45, 2.75) is 13.5 Å². The average Bonchev–Trinajstić information content (AvgIpc) is 3.12. The number of thioether (sulfide) groups is 1. The molecule has 2 saturated heterocycles. The lowest BCUT2D eigenvalue weighted by molar-refractivity contribution is -0.139. The van der Waals surface area contributed by atoms with E-state index in [1.165, 1.54) is 12.7 Å². The highest BCUT2D eigenvalue weighted by Gasteiger charge is 2.37. The van der Waals surface area contributed by atoms with Crippen LogP contribution in [-0.2, 0) is 20.9 Å². The number of imide groups is 1. The van der Waals surface area contributed by atoms with Gasteiger partial charge in [-0.15, -0.1) is 0 Å². The van der Waals surface area contributed by atoms with E-state index in [-0.39, 0.29) is 17.4 Å². The van der Waals surface area contributed by atoms with Crippen LogP contribution in [0.25, 0.3) is 6.08 Å². The number of halogens is 1. The SMILES string of the molecule is COc1cc(/C=C2/SC(=O)N(CC(=O)N3CCOCC3)C2=O)c(Br)cc1OCc1ccc(C)cc1. The summed E-state index contributed by atoms with van der Waals surface area (Å²) in [6.07, 6.45) is 1.61. The van der Waals surface area contributed by atoms with Gasteiger partial charge in [-0.05, 0) is 48.0 Å². The van der Waals surface area contributed by atoms with Crippen molar-refractivity contribution in [3.8, 4) is 11.5 Å². The zero-order chi connectivity index (χ0) is 24.9. The van der Waals surface area contributed by atoms with Gasteiger partial charge in [-0.2, -0.15) is 0 Å². The second-order valence-corrected chi connectivity index (χ2v) is 9.91. The van der Waals surface area contributed by atoms with Crippen LogP contribution in [0.5, 0.6) is 11.5 Å². The summed E-state index contributed by atoms with van der Waals surface area (Å²) in [5.41, 5.74) is 2.85. The number of benzene rings is 2. The highest BCUT2D eigenvalue weighted by atomic mass is 79.9. The standard InChI is InChI=1S/C25H25BrN2O6S/c1-16-3-5-17(6-4-16)15-34-21-13-19(26)18(11-20(21)32-2)12-22-24(30)28(25(31)35-22)14-23(29)27-7-9-33-10-8-27/h3-6,11-13H,7-10,14-15H2,1-2H3/b22-12+. The molecule has 2 aliphatic rings. The molecule has 2 aromatic carbocycles. The van der Waals surface area contributed by atoms with Gasteiger partial charge in [-0.1, -0.05) is 45.8 Å². The molecule has 10 heteroatoms. The minimum Gasteiger partial charge on any atom is -0.493 e. The molecule has 0 unspecified atom stereocenters. The Balaban J connectivity index is 1.48. The van der Waals surface area contributed by atoms with E-state index in [9.17, 15) is 14.4 Å². The fourth-order valence-corrected chi connectivity index (χ4v) is 4.87. The zero-order valence-corrected chi connectivity index (χ0v) is 21.8. The summed E-state index contributed by atoms with van der Waals surface area (Å²) in [5.74, 6) is 0.275. The molecular weight excluding hydrogens is 536 g/mol. The number of hydrogen-bond acceptors (Lipinski definition) is 7. The molecule has 0 aromatic heterocycles. The number of aryl methyl sites for hydroxylation is 1. The lowest BCUT2D eigenvalue weighted by Crippen LogP contribution is -2.46. The molecule has 2 heterocycles. The van der Waals surface area contributed by atoms with Gasteiger partial charge >= 0.3 is 0 Å². The maximum absolute atomic E-state index is 12.9. The van der Waals surface area contributed by atoms with Crippen LogP contribution in [0.2, 0.25) is 0 Å². The highest BCUT2D eigenvalue weighted by molar-refractivity contribution is 9.10. The van der Waals surface area contributed by atoms with E-state index < -0.39 is 11.1 Å². The number of carbonyl (C=O) groups is 3. The first-order valence-corrected chi connectivity index (χ1v) is 12.6. The quantitative estimate of drug-likeness (QED) is 0.468. The third-order valence-corrected chi connectivity index (χ3v) is 7.21. The zero-order valence-electron chi connectivity index (χ0n) is 19.4. The summed E-state index contributed by atoms with van der Waals surface area (Å²) in [4.78, 5) is 40.7. The van der Waals surface area contributed by atoms with Crippen molar-refractivity contribution in [2.75, 3.05) is 40.0 Å². The molecule has 3 amide bonds. The molecule has 2 fully saturated rings. The van der Waals surface area contributed by atoms with Crippen LogP contribution in [0, 0.1) is 6.92 Å². The maximum atomic E-state index is 12.9. The largest absolute Gasteiger partial charge is 0.493 e. The smallest absolute Gasteiger partial charge is 0.294 e. The van der Waals surface area contributed by atoms with Gasteiger partial charge in [0.1, 0.15) is 13.2 Å². The Morgan fingerprint density at radius 1 is 1.14 bits per heavy atom. The highest BCUT2D eigenvalue weighted by Crippen LogP contribution is 2.38. The summed E-state index contributed by atoms with van der Waals surface area (Å²) >= 11 is 4.33. The summed E-state index contributed by atoms with van der Waals surface area (Å²) in [5, 5.41) is -0.469. The first kappa shape index (κ1) is 25.3. The van der Waals surface area contributed by atoms with Crippen molar-refractivity contribution >= 4 is 50.8 Å². The minimum atomic E-state index is -0.493. The van der Waals surface area contributed by atoms with Crippen LogP contribution in [0.1, 0.15) is 16.7 Å². The van der Waals surface area contributed by atoms with Gasteiger partial charge in [-0.25, -0.2) is 0 Å². The lowest BCUT2D eigenvalue weighted by atomic mass is 10.1. The lowest BCUT2D eigenvalue weighted by Gasteiger charge is -2.28. The van der Waals surface area contributed by atoms with Crippen molar-refractivity contribution in [3.05, 3.63) is 62.5 Å². The van der Waals surface area contributed by atoms with Crippen molar-refractivity contribution < 1.29 is 28.6 Å². The topological polar surface area (TPSA) is 85.4 Å². The van der Waals surface area contributed by atoms with E-state index in [0.717, 1.165) is 22.2 Å². The van der Waals surface area contributed by atoms with Gasteiger partial charge in [0, 0.05) is 17.6 Å². The third-order valence-electron chi connectivity index (χ3n) is 5.62. The molecule has 0 N–H and O–H groups in total. The van der Waals surface area contributed by atoms with Crippen LogP contribution in [0.4, 0.5) is 4.79 Å². The summed E-state index contributed by atoms with van der Waals surface area (Å²) in [6, 6.07) is 11.6. The number of hydrogen-bond donors (Lipinski definition) is 0. The van der Waals surface area contributed by atoms with Gasteiger partial charge < -0.3 is 19.1 Å². The number of nitrogens with zero attached hydrogens (tertiary/aromatic N) is 2. The predicted octanol–water partition coefficient (Wildman–Crippen LogP) is 4.24. The Labute approximate surface area is 216 Å². The van der Waals surface area contributed by atoms with Crippen LogP contribution in [0.15, 0.2) is 45.8 Å². The molecule has 184 valence electrons. The number of carbonyl (C=O) groups excluding carboxylic acids is 3. The Kier molecular flexibility index (Phi) is 8.15. The second kappa shape index (κ2) is 11.3. The van der Waals surface area contributed by atoms with Crippen molar-refractivity contribution in [1.82, 2.24) is 9.80 Å². The fraction of sp³-hybridized carbons (Fsp3) is 0.320. The van der Waals surface area contributed by atoms with E-state index in [1.54, 1.807) is 23.1 Å². The third kappa shape index (κ3) is 6.06. The van der Waals surface area contributed by atoms with E-state index in [1.807, 2.05) is 31.2 Å². The molecule has 0 atom stereocenters. The molecule has 0 bridgehead atoms. The molecule has 4 rings (SSSR count). The summed E-state index contributed by atoms with van der Waals surface area (Å²) in [7, 11) is 1.54. The first-order chi connectivity index (χ1) is 16.9. The Hall–Kier alpha value is -2.82. The number of methoxy groups -OCH3 is 1. The molecule has 8 nitrogen and oxygen atoms in total. The van der Waals surface area contributed by atoms with Gasteiger partial charge in [-0.3, -0.25) is 19.3 Å². The molecular formula is C25H25BrN2O6S. The summed E-state index contributed by atoms with van der Waals surface area (Å²) < 4.78 is 17.4. The second-order valence-electron chi connectivity index (χ2n) is 8.06. The van der Waals surface area contributed by atoms with Crippen LogP contribution >= 0.6 is 27.7 Å². The summed E-state index contributed by atoms with van der Waals surface area (Å²) in [6.45, 7) is 3.94. The molecule has 0 spiro atoms. The number of morpholine rings is 1. The molecule has 0 radical (unpaired) electrons. The van der Waals surface area contributed by atoms with Crippen molar-refractivity contribution in [1.29, 1.82) is 0 Å². The van der Waals surface area contributed by atoms with Crippen molar-refractivity contribution in [3.63, 3.8) is 0 Å². The van der Waals surface area contributed by atoms with E-state index in [2.05, 4.69) is 15.9 Å². The van der Waals surface area contributed by atoms with Crippen LogP contribution in [0.3, 0.4) is 0 Å². The molecule has 35 heavy (non-hydrogen) atoms. The Morgan fingerprint density at radius 2 is 1.86 bits per heavy atom. The number of ether oxygens (including phenoxy) is 3. The predicted molar refractivity (Wildman–Crippen MR) is 136 cm³/mol. The fourth-order valence-electron chi connectivity index (χ4n) is 3.60. The van der Waals surface area contributed by atoms with Gasteiger partial charge in [0.2, 0.25) is 5.91 Å². The van der Waals surface area contributed by atoms with Gasteiger partial charge in [0.15, 0.2) is 11.5 Å². The van der Waals surface area contributed by atoms with Crippen LogP contribution in [-0.4, -0.2) is 66.8 Å². The molecule has 2 aliphatic heterocycles.